The highest BCUT2D eigenvalue weighted by atomic mass is 19.1. The molecule has 0 radical (unpaired) electrons. The van der Waals surface area contributed by atoms with Crippen LogP contribution in [-0.2, 0) is 13.1 Å². The van der Waals surface area contributed by atoms with Gasteiger partial charge in [-0.15, -0.1) is 0 Å². The molecule has 1 rings (SSSR count). The van der Waals surface area contributed by atoms with Crippen molar-refractivity contribution in [3.05, 3.63) is 35.1 Å². The second-order valence-electron chi connectivity index (χ2n) is 5.30. The lowest BCUT2D eigenvalue weighted by atomic mass is 10.1. The van der Waals surface area contributed by atoms with Gasteiger partial charge in [0.1, 0.15) is 5.82 Å². The molecular weight excluding hydrogens is 239 g/mol. The predicted molar refractivity (Wildman–Crippen MR) is 79.6 cm³/mol. The number of benzene rings is 1. The SMILES string of the molecule is CCC(C)CN(CC)Cc1cc(CNC)ccc1F. The van der Waals surface area contributed by atoms with E-state index in [1.54, 1.807) is 6.07 Å². The van der Waals surface area contributed by atoms with Crippen LogP contribution in [0.5, 0.6) is 0 Å². The zero-order valence-electron chi connectivity index (χ0n) is 12.7. The average molecular weight is 266 g/mol. The molecule has 0 aliphatic rings. The molecule has 19 heavy (non-hydrogen) atoms. The normalized spacial score (nSPS) is 12.9. The molecule has 0 aliphatic carbocycles. The van der Waals surface area contributed by atoms with Gasteiger partial charge in [0.2, 0.25) is 0 Å². The molecule has 108 valence electrons. The van der Waals surface area contributed by atoms with Crippen molar-refractivity contribution in [2.45, 2.75) is 40.3 Å². The summed E-state index contributed by atoms with van der Waals surface area (Å²) in [6.07, 6.45) is 1.17. The molecular formula is C16H27FN2. The summed E-state index contributed by atoms with van der Waals surface area (Å²) in [6, 6.07) is 5.41. The molecule has 1 aromatic rings. The Bertz CT molecular complexity index is 379. The maximum atomic E-state index is 13.9. The Morgan fingerprint density at radius 2 is 2.05 bits per heavy atom. The Morgan fingerprint density at radius 3 is 2.63 bits per heavy atom. The van der Waals surface area contributed by atoms with Gasteiger partial charge >= 0.3 is 0 Å². The molecule has 0 aliphatic heterocycles. The van der Waals surface area contributed by atoms with E-state index in [4.69, 9.17) is 0 Å². The van der Waals surface area contributed by atoms with E-state index in [-0.39, 0.29) is 5.82 Å². The number of rotatable bonds is 8. The first-order chi connectivity index (χ1) is 9.10. The molecule has 1 N–H and O–H groups in total. The van der Waals surface area contributed by atoms with Gasteiger partial charge in [-0.05, 0) is 31.1 Å². The molecule has 0 bridgehead atoms. The number of nitrogens with one attached hydrogen (secondary N) is 1. The molecule has 0 heterocycles. The molecule has 1 atom stereocenters. The van der Waals surface area contributed by atoms with E-state index in [0.29, 0.717) is 12.5 Å². The van der Waals surface area contributed by atoms with Crippen LogP contribution in [0.4, 0.5) is 4.39 Å². The van der Waals surface area contributed by atoms with Crippen molar-refractivity contribution in [1.82, 2.24) is 10.2 Å². The van der Waals surface area contributed by atoms with E-state index in [2.05, 4.69) is 31.0 Å². The zero-order chi connectivity index (χ0) is 14.3. The number of nitrogens with zero attached hydrogens (tertiary/aromatic N) is 1. The van der Waals surface area contributed by atoms with Crippen molar-refractivity contribution in [2.75, 3.05) is 20.1 Å². The predicted octanol–water partition coefficient (Wildman–Crippen LogP) is 3.41. The van der Waals surface area contributed by atoms with Gasteiger partial charge in [-0.3, -0.25) is 4.90 Å². The van der Waals surface area contributed by atoms with Crippen molar-refractivity contribution in [1.29, 1.82) is 0 Å². The highest BCUT2D eigenvalue weighted by Crippen LogP contribution is 2.15. The van der Waals surface area contributed by atoms with Crippen LogP contribution in [0.2, 0.25) is 0 Å². The molecule has 0 saturated heterocycles. The van der Waals surface area contributed by atoms with Crippen molar-refractivity contribution >= 4 is 0 Å². The van der Waals surface area contributed by atoms with Crippen LogP contribution in [0.25, 0.3) is 0 Å². The highest BCUT2D eigenvalue weighted by molar-refractivity contribution is 5.25. The minimum absolute atomic E-state index is 0.0949. The molecule has 0 aromatic heterocycles. The second-order valence-corrected chi connectivity index (χ2v) is 5.30. The topological polar surface area (TPSA) is 15.3 Å². The first-order valence-electron chi connectivity index (χ1n) is 7.24. The lowest BCUT2D eigenvalue weighted by molar-refractivity contribution is 0.235. The minimum atomic E-state index is -0.0949. The summed E-state index contributed by atoms with van der Waals surface area (Å²) in [7, 11) is 1.91. The van der Waals surface area contributed by atoms with Gasteiger partial charge in [0, 0.05) is 25.2 Å². The van der Waals surface area contributed by atoms with Gasteiger partial charge in [0.05, 0.1) is 0 Å². The van der Waals surface area contributed by atoms with Crippen LogP contribution in [0, 0.1) is 11.7 Å². The average Bonchev–Trinajstić information content (AvgIpc) is 2.41. The summed E-state index contributed by atoms with van der Waals surface area (Å²) >= 11 is 0. The Labute approximate surface area is 117 Å². The summed E-state index contributed by atoms with van der Waals surface area (Å²) in [4.78, 5) is 2.32. The van der Waals surface area contributed by atoms with Crippen molar-refractivity contribution in [2.24, 2.45) is 5.92 Å². The third kappa shape index (κ3) is 5.29. The van der Waals surface area contributed by atoms with Crippen LogP contribution in [0.3, 0.4) is 0 Å². The van der Waals surface area contributed by atoms with Gasteiger partial charge in [0.15, 0.2) is 0 Å². The summed E-state index contributed by atoms with van der Waals surface area (Å²) in [5, 5.41) is 3.10. The molecule has 2 nitrogen and oxygen atoms in total. The largest absolute Gasteiger partial charge is 0.316 e. The maximum absolute atomic E-state index is 13.9. The fourth-order valence-corrected chi connectivity index (χ4v) is 2.18. The Hall–Kier alpha value is -0.930. The van der Waals surface area contributed by atoms with E-state index in [1.165, 1.54) is 6.42 Å². The molecule has 0 fully saturated rings. The van der Waals surface area contributed by atoms with Crippen LogP contribution in [-0.4, -0.2) is 25.0 Å². The van der Waals surface area contributed by atoms with Gasteiger partial charge in [-0.2, -0.15) is 0 Å². The Balaban J connectivity index is 2.75. The summed E-state index contributed by atoms with van der Waals surface area (Å²) in [6.45, 7) is 10.1. The third-order valence-electron chi connectivity index (χ3n) is 3.60. The number of halogens is 1. The second kappa shape index (κ2) is 8.28. The lowest BCUT2D eigenvalue weighted by Crippen LogP contribution is -2.28. The summed E-state index contributed by atoms with van der Waals surface area (Å²) in [5.41, 5.74) is 1.94. The van der Waals surface area contributed by atoms with Crippen LogP contribution < -0.4 is 5.32 Å². The minimum Gasteiger partial charge on any atom is -0.316 e. The monoisotopic (exact) mass is 266 g/mol. The summed E-state index contributed by atoms with van der Waals surface area (Å²) < 4.78 is 13.9. The van der Waals surface area contributed by atoms with Crippen molar-refractivity contribution < 1.29 is 4.39 Å². The van der Waals surface area contributed by atoms with Crippen molar-refractivity contribution in [3.63, 3.8) is 0 Å². The van der Waals surface area contributed by atoms with Crippen LogP contribution in [0.1, 0.15) is 38.3 Å². The number of hydrogen-bond donors (Lipinski definition) is 1. The molecule has 3 heteroatoms. The number of hydrogen-bond acceptors (Lipinski definition) is 2. The molecule has 0 amide bonds. The third-order valence-corrected chi connectivity index (χ3v) is 3.60. The molecule has 1 unspecified atom stereocenters. The van der Waals surface area contributed by atoms with Gasteiger partial charge < -0.3 is 5.32 Å². The Morgan fingerprint density at radius 1 is 1.32 bits per heavy atom. The highest BCUT2D eigenvalue weighted by Gasteiger charge is 2.11. The molecule has 1 aromatic carbocycles. The van der Waals surface area contributed by atoms with E-state index >= 15 is 0 Å². The first-order valence-corrected chi connectivity index (χ1v) is 7.24. The Kier molecular flexibility index (Phi) is 7.03. The van der Waals surface area contributed by atoms with Crippen molar-refractivity contribution in [3.8, 4) is 0 Å². The van der Waals surface area contributed by atoms with Gasteiger partial charge in [-0.25, -0.2) is 4.39 Å². The smallest absolute Gasteiger partial charge is 0.127 e. The van der Waals surface area contributed by atoms with Crippen LogP contribution >= 0.6 is 0 Å². The lowest BCUT2D eigenvalue weighted by Gasteiger charge is -2.24. The van der Waals surface area contributed by atoms with Gasteiger partial charge in [0.25, 0.3) is 0 Å². The standard InChI is InChI=1S/C16H27FN2/c1-5-13(3)11-19(6-2)12-15-9-14(10-18-4)7-8-16(15)17/h7-9,13,18H,5-6,10-12H2,1-4H3. The molecule has 0 saturated carbocycles. The zero-order valence-corrected chi connectivity index (χ0v) is 12.7. The van der Waals surface area contributed by atoms with Crippen LogP contribution in [0.15, 0.2) is 18.2 Å². The molecule has 0 spiro atoms. The van der Waals surface area contributed by atoms with E-state index in [1.807, 2.05) is 19.2 Å². The van der Waals surface area contributed by atoms with E-state index in [9.17, 15) is 4.39 Å². The maximum Gasteiger partial charge on any atom is 0.127 e. The first kappa shape index (κ1) is 16.1. The fourth-order valence-electron chi connectivity index (χ4n) is 2.18. The summed E-state index contributed by atoms with van der Waals surface area (Å²) in [5.74, 6) is 0.561. The van der Waals surface area contributed by atoms with Gasteiger partial charge in [-0.1, -0.05) is 39.3 Å². The van der Waals surface area contributed by atoms with E-state index < -0.39 is 0 Å². The fraction of sp³-hybridized carbons (Fsp3) is 0.625. The quantitative estimate of drug-likeness (QED) is 0.775. The van der Waals surface area contributed by atoms with E-state index in [0.717, 1.165) is 30.8 Å².